The molecular weight excluding hydrogens is 651 g/mol. The van der Waals surface area contributed by atoms with Crippen molar-refractivity contribution in [3.63, 3.8) is 0 Å². The smallest absolute Gasteiger partial charge is 0.323 e. The zero-order valence-corrected chi connectivity index (χ0v) is 27.3. The number of hydrogen-bond acceptors (Lipinski definition) is 6. The average Bonchev–Trinajstić information content (AvgIpc) is 3.80. The number of alkyl halides is 2. The molecule has 10 heteroatoms. The normalized spacial score (nSPS) is 25.2. The summed E-state index contributed by atoms with van der Waals surface area (Å²) in [6.45, 7) is -0.734. The number of allylic oxidation sites excluding steroid dienone is 2. The summed E-state index contributed by atoms with van der Waals surface area (Å²) in [5.74, 6) is 1.23. The maximum atomic E-state index is 12.2. The van der Waals surface area contributed by atoms with Gasteiger partial charge in [-0.25, -0.2) is 9.59 Å². The van der Waals surface area contributed by atoms with Crippen molar-refractivity contribution < 1.29 is 29.4 Å². The quantitative estimate of drug-likeness (QED) is 0.157. The van der Waals surface area contributed by atoms with Crippen LogP contribution >= 0.6 is 23.2 Å². The highest BCUT2D eigenvalue weighted by Crippen LogP contribution is 2.70. The van der Waals surface area contributed by atoms with Crippen LogP contribution in [0.25, 0.3) is 21.5 Å². The Morgan fingerprint density at radius 3 is 1.40 bits per heavy atom. The number of carboxylic acids is 2. The first kappa shape index (κ1) is 30.7. The van der Waals surface area contributed by atoms with Gasteiger partial charge >= 0.3 is 11.9 Å². The van der Waals surface area contributed by atoms with Crippen molar-refractivity contribution in [3.8, 4) is 0 Å². The number of hydrogen-bond donors (Lipinski definition) is 2. The number of carboxylic acid groups (broad SMARTS) is 2. The van der Waals surface area contributed by atoms with Gasteiger partial charge in [-0.15, -0.1) is 23.2 Å². The van der Waals surface area contributed by atoms with Gasteiger partial charge < -0.3 is 20.0 Å². The lowest BCUT2D eigenvalue weighted by Gasteiger charge is -2.49. The molecule has 2 heterocycles. The van der Waals surface area contributed by atoms with Gasteiger partial charge in [0, 0.05) is 23.1 Å². The fourth-order valence-corrected chi connectivity index (χ4v) is 10.2. The second-order valence-electron chi connectivity index (χ2n) is 13.6. The van der Waals surface area contributed by atoms with Gasteiger partial charge in [-0.3, -0.25) is 9.59 Å². The maximum Gasteiger partial charge on any atom is 0.323 e. The number of halogens is 2. The van der Waals surface area contributed by atoms with Gasteiger partial charge in [0.1, 0.15) is 36.4 Å². The molecule has 3 saturated carbocycles. The molecule has 0 saturated heterocycles. The fourth-order valence-electron chi connectivity index (χ4n) is 9.62. The average molecular weight is 682 g/mol. The van der Waals surface area contributed by atoms with Crippen molar-refractivity contribution in [1.82, 2.24) is 0 Å². The van der Waals surface area contributed by atoms with E-state index < -0.39 is 23.8 Å². The maximum absolute atomic E-state index is 12.2. The van der Waals surface area contributed by atoms with Crippen molar-refractivity contribution in [2.24, 2.45) is 0 Å². The summed E-state index contributed by atoms with van der Waals surface area (Å²) in [5.41, 5.74) is 5.47. The Bertz CT molecular complexity index is 2040. The van der Waals surface area contributed by atoms with Crippen LogP contribution in [0, 0.1) is 0 Å². The molecule has 0 spiro atoms. The summed E-state index contributed by atoms with van der Waals surface area (Å²) < 4.78 is 0. The van der Waals surface area contributed by atoms with Crippen LogP contribution in [0.1, 0.15) is 59.8 Å². The van der Waals surface area contributed by atoms with E-state index in [-0.39, 0.29) is 47.1 Å². The van der Waals surface area contributed by atoms with Gasteiger partial charge in [0.15, 0.2) is 0 Å². The molecule has 2 N–H and O–H groups in total. The Balaban J connectivity index is 1.28. The number of anilines is 2. The van der Waals surface area contributed by atoms with E-state index in [1.807, 2.05) is 48.3 Å². The van der Waals surface area contributed by atoms with E-state index in [1.54, 1.807) is 9.80 Å². The molecule has 0 amide bonds. The van der Waals surface area contributed by atoms with Crippen molar-refractivity contribution in [2.75, 3.05) is 34.6 Å². The standard InChI is InChI=1S/C38H30Cl2N2O6/c39-13-25-31(17-43)41(15-33(45)46)29-11-27(21-5-1-3-7-23(21)35(25)29)37-9-10-38(19-37,20-37)28-12-30-36(24-8-4-2-6-22(24)28)26(14-40)32(18-44)42(30)16-34(47)48/h1-8,11-12,25-26H,9-10,13-16,19-20H2,(H,45,46)(H,47,48)/t25-,26-,37-,38-/m1/s1. The molecule has 48 heavy (non-hydrogen) atoms. The van der Waals surface area contributed by atoms with Crippen LogP contribution < -0.4 is 9.80 Å². The molecule has 2 atom stereocenters. The molecule has 242 valence electrons. The van der Waals surface area contributed by atoms with Crippen LogP contribution in [0.2, 0.25) is 0 Å². The minimum absolute atomic E-state index is 0.126. The summed E-state index contributed by atoms with van der Waals surface area (Å²) >= 11 is 12.8. The second-order valence-corrected chi connectivity index (χ2v) is 14.2. The predicted octanol–water partition coefficient (Wildman–Crippen LogP) is 6.64. The van der Waals surface area contributed by atoms with Crippen molar-refractivity contribution in [1.29, 1.82) is 0 Å². The topological polar surface area (TPSA) is 115 Å². The largest absolute Gasteiger partial charge is 0.480 e. The van der Waals surface area contributed by atoms with Crippen LogP contribution in [0.15, 0.2) is 72.1 Å². The van der Waals surface area contributed by atoms with Crippen molar-refractivity contribution in [2.45, 2.75) is 48.3 Å². The first-order valence-corrected chi connectivity index (χ1v) is 17.0. The van der Waals surface area contributed by atoms with Crippen LogP contribution in [0.5, 0.6) is 0 Å². The molecule has 8 nitrogen and oxygen atoms in total. The number of benzene rings is 4. The molecule has 5 aliphatic rings. The third kappa shape index (κ3) is 4.10. The molecule has 3 fully saturated rings. The molecule has 0 aromatic heterocycles. The van der Waals surface area contributed by atoms with E-state index in [9.17, 15) is 29.4 Å². The molecule has 9 rings (SSSR count). The molecular formula is C38H30Cl2N2O6. The number of aliphatic carboxylic acids is 2. The number of rotatable bonds is 8. The lowest BCUT2D eigenvalue weighted by atomic mass is 9.54. The van der Waals surface area contributed by atoms with E-state index in [4.69, 9.17) is 23.2 Å². The summed E-state index contributed by atoms with van der Waals surface area (Å²) in [7, 11) is 0. The molecule has 2 bridgehead atoms. The lowest BCUT2D eigenvalue weighted by molar-refractivity contribution is -0.136. The van der Waals surface area contributed by atoms with E-state index in [0.29, 0.717) is 11.4 Å². The van der Waals surface area contributed by atoms with Gasteiger partial charge in [0.25, 0.3) is 0 Å². The van der Waals surface area contributed by atoms with Gasteiger partial charge in [-0.05, 0) is 92.4 Å². The first-order valence-electron chi connectivity index (χ1n) is 15.9. The first-order chi connectivity index (χ1) is 23.2. The Hall–Kier alpha value is -4.58. The van der Waals surface area contributed by atoms with Gasteiger partial charge in [0.05, 0.1) is 11.8 Å². The summed E-state index contributed by atoms with van der Waals surface area (Å²) in [6.07, 6.45) is 3.48. The molecule has 0 unspecified atom stereocenters. The molecule has 2 aliphatic heterocycles. The van der Waals surface area contributed by atoms with Gasteiger partial charge in [0.2, 0.25) is 0 Å². The number of nitrogens with zero attached hydrogens (tertiary/aromatic N) is 2. The highest BCUT2D eigenvalue weighted by Gasteiger charge is 2.63. The lowest BCUT2D eigenvalue weighted by Crippen LogP contribution is -2.44. The Kier molecular flexibility index (Phi) is 7.03. The molecule has 4 aromatic rings. The predicted molar refractivity (Wildman–Crippen MR) is 185 cm³/mol. The monoisotopic (exact) mass is 680 g/mol. The zero-order valence-electron chi connectivity index (χ0n) is 25.8. The molecule has 4 aromatic carbocycles. The minimum atomic E-state index is -1.05. The summed E-state index contributed by atoms with van der Waals surface area (Å²) in [5, 5.41) is 23.6. The van der Waals surface area contributed by atoms with Crippen LogP contribution in [-0.4, -0.2) is 58.9 Å². The zero-order chi connectivity index (χ0) is 33.5. The SMILES string of the molecule is O=C=C1[C@@H](CCl)c2c(cc([C@]34CC[C@@](c5cc6c(c7ccccc75)[C@H](CCl)C(=C=O)N6CC(=O)O)(C3)C4)c3ccccc23)N1CC(=O)O. The van der Waals surface area contributed by atoms with Crippen molar-refractivity contribution in [3.05, 3.63) is 94.3 Å². The number of fused-ring (bicyclic) bond motifs is 7. The number of carbonyl (C=O) groups excluding carboxylic acids is 2. The second kappa shape index (κ2) is 11.0. The van der Waals surface area contributed by atoms with Gasteiger partial charge in [-0.1, -0.05) is 48.5 Å². The molecule has 3 aliphatic carbocycles. The fraction of sp³-hybridized carbons (Fsp3) is 0.316. The van der Waals surface area contributed by atoms with Crippen LogP contribution in [-0.2, 0) is 30.0 Å². The Labute approximate surface area is 285 Å². The van der Waals surface area contributed by atoms with Crippen LogP contribution in [0.4, 0.5) is 11.4 Å². The highest BCUT2D eigenvalue weighted by molar-refractivity contribution is 6.20. The van der Waals surface area contributed by atoms with Crippen molar-refractivity contribution >= 4 is 79.9 Å². The van der Waals surface area contributed by atoms with Crippen LogP contribution in [0.3, 0.4) is 0 Å². The minimum Gasteiger partial charge on any atom is -0.480 e. The Morgan fingerprint density at radius 2 is 1.06 bits per heavy atom. The molecule has 0 radical (unpaired) electrons. The summed E-state index contributed by atoms with van der Waals surface area (Å²) in [4.78, 5) is 51.5. The highest BCUT2D eigenvalue weighted by atomic mass is 35.5. The number of carbonyl (C=O) groups is 2. The van der Waals surface area contributed by atoms with E-state index in [2.05, 4.69) is 24.3 Å². The van der Waals surface area contributed by atoms with E-state index >= 15 is 0 Å². The summed E-state index contributed by atoms with van der Waals surface area (Å²) in [6, 6.07) is 20.3. The van der Waals surface area contributed by atoms with E-state index in [0.717, 1.165) is 69.5 Å². The van der Waals surface area contributed by atoms with E-state index in [1.165, 1.54) is 0 Å². The third-order valence-corrected chi connectivity index (χ3v) is 11.9. The Morgan fingerprint density at radius 1 is 0.688 bits per heavy atom. The van der Waals surface area contributed by atoms with Gasteiger partial charge in [-0.2, -0.15) is 0 Å². The third-order valence-electron chi connectivity index (χ3n) is 11.3.